The van der Waals surface area contributed by atoms with Crippen LogP contribution >= 0.6 is 11.6 Å². The van der Waals surface area contributed by atoms with Crippen LogP contribution < -0.4 is 4.74 Å². The highest BCUT2D eigenvalue weighted by molar-refractivity contribution is 6.34. The highest BCUT2D eigenvalue weighted by atomic mass is 35.5. The van der Waals surface area contributed by atoms with Crippen LogP contribution in [0.15, 0.2) is 47.6 Å². The number of hydrazone groups is 1. The van der Waals surface area contributed by atoms with E-state index in [2.05, 4.69) is 5.10 Å². The van der Waals surface area contributed by atoms with Gasteiger partial charge in [-0.2, -0.15) is 40.8 Å². The van der Waals surface area contributed by atoms with E-state index in [1.54, 1.807) is 6.92 Å². The molecule has 0 bridgehead atoms. The van der Waals surface area contributed by atoms with Gasteiger partial charge in [0.2, 0.25) is 5.72 Å². The standard InChI is InChI=1S/C21H16ClF7N2O3/c1-11-3-8-14(15(22)9-11)17(32)31-18(33,19(23,24)20(25,26)21(27,28)29)10-16(30-31)12-4-6-13(34-2)7-5-12/h3-9,33H,10H2,1-2H3/t18-/m0/s1. The maximum absolute atomic E-state index is 14.8. The summed E-state index contributed by atoms with van der Waals surface area (Å²) in [5.41, 5.74) is -4.96. The molecular formula is C21H16ClF7N2O3. The van der Waals surface area contributed by atoms with Crippen molar-refractivity contribution in [2.45, 2.75) is 37.1 Å². The van der Waals surface area contributed by atoms with Crippen LogP contribution in [-0.4, -0.2) is 52.6 Å². The summed E-state index contributed by atoms with van der Waals surface area (Å²) >= 11 is 5.95. The van der Waals surface area contributed by atoms with E-state index in [1.807, 2.05) is 0 Å². The second-order valence-electron chi connectivity index (χ2n) is 7.52. The number of aryl methyl sites for hydroxylation is 1. The molecular weight excluding hydrogens is 497 g/mol. The normalized spacial score (nSPS) is 19.3. The van der Waals surface area contributed by atoms with Gasteiger partial charge in [0.05, 0.1) is 23.4 Å². The first-order chi connectivity index (χ1) is 15.6. The lowest BCUT2D eigenvalue weighted by atomic mass is 9.91. The van der Waals surface area contributed by atoms with Crippen LogP contribution in [0.3, 0.4) is 0 Å². The third kappa shape index (κ3) is 3.98. The predicted molar refractivity (Wildman–Crippen MR) is 107 cm³/mol. The van der Waals surface area contributed by atoms with Crippen LogP contribution in [0.4, 0.5) is 30.7 Å². The van der Waals surface area contributed by atoms with E-state index in [0.29, 0.717) is 11.3 Å². The molecule has 34 heavy (non-hydrogen) atoms. The Balaban J connectivity index is 2.17. The molecule has 0 unspecified atom stereocenters. The van der Waals surface area contributed by atoms with Crippen LogP contribution in [0.2, 0.25) is 5.02 Å². The predicted octanol–water partition coefficient (Wildman–Crippen LogP) is 5.43. The summed E-state index contributed by atoms with van der Waals surface area (Å²) in [6, 6.07) is 8.75. The number of carbonyl (C=O) groups is 1. The Morgan fingerprint density at radius 1 is 1.09 bits per heavy atom. The van der Waals surface area contributed by atoms with Gasteiger partial charge in [0.25, 0.3) is 5.91 Å². The average Bonchev–Trinajstić information content (AvgIpc) is 3.11. The number of carbonyl (C=O) groups excluding carboxylic acids is 1. The summed E-state index contributed by atoms with van der Waals surface area (Å²) in [5.74, 6) is -14.2. The van der Waals surface area contributed by atoms with Gasteiger partial charge in [-0.1, -0.05) is 17.7 Å². The highest BCUT2D eigenvalue weighted by Gasteiger charge is 2.82. The van der Waals surface area contributed by atoms with Gasteiger partial charge >= 0.3 is 18.0 Å². The molecule has 2 aromatic carbocycles. The van der Waals surface area contributed by atoms with Crippen LogP contribution in [0.25, 0.3) is 0 Å². The van der Waals surface area contributed by atoms with Crippen molar-refractivity contribution in [1.29, 1.82) is 0 Å². The molecule has 0 spiro atoms. The molecule has 1 aliphatic heterocycles. The summed E-state index contributed by atoms with van der Waals surface area (Å²) in [6.45, 7) is 1.57. The lowest BCUT2D eigenvalue weighted by Gasteiger charge is -2.41. The zero-order chi connectivity index (χ0) is 25.7. The van der Waals surface area contributed by atoms with Crippen molar-refractivity contribution < 1.29 is 45.4 Å². The quantitative estimate of drug-likeness (QED) is 0.544. The van der Waals surface area contributed by atoms with E-state index in [0.717, 1.165) is 6.07 Å². The summed E-state index contributed by atoms with van der Waals surface area (Å²) in [4.78, 5) is 13.0. The molecule has 0 saturated heterocycles. The van der Waals surface area contributed by atoms with E-state index in [-0.39, 0.29) is 10.6 Å². The molecule has 13 heteroatoms. The first-order valence-electron chi connectivity index (χ1n) is 9.44. The van der Waals surface area contributed by atoms with Crippen LogP contribution in [0.5, 0.6) is 5.75 Å². The summed E-state index contributed by atoms with van der Waals surface area (Å²) in [6.07, 6.45) is -8.28. The first kappa shape index (κ1) is 25.8. The third-order valence-electron chi connectivity index (χ3n) is 5.21. The van der Waals surface area contributed by atoms with E-state index in [4.69, 9.17) is 16.3 Å². The number of aliphatic hydroxyl groups is 1. The largest absolute Gasteiger partial charge is 0.497 e. The third-order valence-corrected chi connectivity index (χ3v) is 5.52. The fourth-order valence-electron chi connectivity index (χ4n) is 3.28. The molecule has 0 saturated carbocycles. The average molecular weight is 513 g/mol. The van der Waals surface area contributed by atoms with E-state index in [9.17, 15) is 40.6 Å². The fourth-order valence-corrected chi connectivity index (χ4v) is 3.60. The minimum absolute atomic E-state index is 0.0318. The van der Waals surface area contributed by atoms with Gasteiger partial charge in [-0.25, -0.2) is 0 Å². The van der Waals surface area contributed by atoms with Crippen molar-refractivity contribution in [3.8, 4) is 5.75 Å². The smallest absolute Gasteiger partial charge is 0.460 e. The number of hydrogen-bond acceptors (Lipinski definition) is 4. The first-order valence-corrected chi connectivity index (χ1v) is 9.82. The molecule has 1 heterocycles. The zero-order valence-electron chi connectivity index (χ0n) is 17.4. The van der Waals surface area contributed by atoms with Gasteiger partial charge in [0.15, 0.2) is 0 Å². The van der Waals surface area contributed by atoms with Gasteiger partial charge < -0.3 is 9.84 Å². The Hall–Kier alpha value is -2.86. The maximum Gasteiger partial charge on any atom is 0.460 e. The number of rotatable bonds is 5. The van der Waals surface area contributed by atoms with Crippen molar-refractivity contribution in [2.75, 3.05) is 7.11 Å². The summed E-state index contributed by atoms with van der Waals surface area (Å²) < 4.78 is 101. The summed E-state index contributed by atoms with van der Waals surface area (Å²) in [5, 5.41) is 13.4. The Labute approximate surface area is 193 Å². The van der Waals surface area contributed by atoms with Gasteiger partial charge in [-0.3, -0.25) is 4.79 Å². The molecule has 1 N–H and O–H groups in total. The van der Waals surface area contributed by atoms with Crippen molar-refractivity contribution in [3.63, 3.8) is 0 Å². The Kier molecular flexibility index (Phi) is 6.38. The molecule has 0 radical (unpaired) electrons. The van der Waals surface area contributed by atoms with Gasteiger partial charge in [0, 0.05) is 6.42 Å². The van der Waals surface area contributed by atoms with Crippen LogP contribution in [-0.2, 0) is 0 Å². The highest BCUT2D eigenvalue weighted by Crippen LogP contribution is 2.55. The lowest BCUT2D eigenvalue weighted by molar-refractivity contribution is -0.400. The Morgan fingerprint density at radius 3 is 2.18 bits per heavy atom. The van der Waals surface area contributed by atoms with Crippen molar-refractivity contribution in [3.05, 3.63) is 64.2 Å². The molecule has 2 aromatic rings. The molecule has 5 nitrogen and oxygen atoms in total. The van der Waals surface area contributed by atoms with Gasteiger partial charge in [0.1, 0.15) is 5.75 Å². The topological polar surface area (TPSA) is 62.1 Å². The molecule has 0 aromatic heterocycles. The van der Waals surface area contributed by atoms with E-state index >= 15 is 0 Å². The number of nitrogens with zero attached hydrogens (tertiary/aromatic N) is 2. The number of halogens is 8. The second kappa shape index (κ2) is 8.42. The lowest BCUT2D eigenvalue weighted by Crippen LogP contribution is -2.69. The van der Waals surface area contributed by atoms with Gasteiger partial charge in [-0.05, 0) is 54.4 Å². The Morgan fingerprint density at radius 2 is 1.68 bits per heavy atom. The number of methoxy groups -OCH3 is 1. The number of alkyl halides is 7. The van der Waals surface area contributed by atoms with Crippen LogP contribution in [0, 0.1) is 6.92 Å². The second-order valence-corrected chi connectivity index (χ2v) is 7.92. The minimum atomic E-state index is -6.74. The molecule has 1 amide bonds. The molecule has 184 valence electrons. The number of ether oxygens (including phenoxy) is 1. The molecule has 0 aliphatic carbocycles. The molecule has 1 aliphatic rings. The van der Waals surface area contributed by atoms with Crippen molar-refractivity contribution in [2.24, 2.45) is 5.10 Å². The van der Waals surface area contributed by atoms with Crippen LogP contribution in [0.1, 0.15) is 27.9 Å². The maximum atomic E-state index is 14.8. The van der Waals surface area contributed by atoms with E-state index < -0.39 is 52.4 Å². The summed E-state index contributed by atoms with van der Waals surface area (Å²) in [7, 11) is 1.33. The number of hydrogen-bond donors (Lipinski definition) is 1. The van der Waals surface area contributed by atoms with Crippen molar-refractivity contribution in [1.82, 2.24) is 5.01 Å². The molecule has 1 atom stereocenters. The monoisotopic (exact) mass is 512 g/mol. The molecule has 3 rings (SSSR count). The zero-order valence-corrected chi connectivity index (χ0v) is 18.2. The van der Waals surface area contributed by atoms with Crippen molar-refractivity contribution >= 4 is 23.2 Å². The fraction of sp³-hybridized carbons (Fsp3) is 0.333. The SMILES string of the molecule is COc1ccc(C2=NN(C(=O)c3ccc(C)cc3Cl)[C@@](O)(C(F)(F)C(F)(F)C(F)(F)F)C2)cc1. The minimum Gasteiger partial charge on any atom is -0.497 e. The van der Waals surface area contributed by atoms with Gasteiger partial charge in [-0.15, -0.1) is 0 Å². The number of amides is 1. The number of benzene rings is 2. The molecule has 0 fully saturated rings. The Bertz CT molecular complexity index is 1140. The van der Waals surface area contributed by atoms with E-state index in [1.165, 1.54) is 43.5 Å².